The van der Waals surface area contributed by atoms with Crippen LogP contribution in [0, 0.1) is 0 Å². The monoisotopic (exact) mass is 489 g/mol. The number of hydrogen-bond acceptors (Lipinski definition) is 8. The number of anilines is 2. The molecule has 0 aliphatic carbocycles. The summed E-state index contributed by atoms with van der Waals surface area (Å²) in [6, 6.07) is 9.38. The van der Waals surface area contributed by atoms with Gasteiger partial charge in [0.15, 0.2) is 5.65 Å². The molecule has 186 valence electrons. The molecular weight excluding hydrogens is 463 g/mol. The lowest BCUT2D eigenvalue weighted by Crippen LogP contribution is -2.46. The Labute approximate surface area is 200 Å². The van der Waals surface area contributed by atoms with Crippen LogP contribution < -0.4 is 14.5 Å². The highest BCUT2D eigenvalue weighted by molar-refractivity contribution is 5.90. The van der Waals surface area contributed by atoms with Crippen molar-refractivity contribution in [1.29, 1.82) is 0 Å². The minimum atomic E-state index is -4.74. The van der Waals surface area contributed by atoms with E-state index in [4.69, 9.17) is 24.4 Å². The first kappa shape index (κ1) is 23.6. The molecule has 2 fully saturated rings. The molecule has 8 nitrogen and oxygen atoms in total. The van der Waals surface area contributed by atoms with Crippen LogP contribution >= 0.6 is 0 Å². The Balaban J connectivity index is 1.54. The van der Waals surface area contributed by atoms with Crippen molar-refractivity contribution >= 4 is 22.8 Å². The highest BCUT2D eigenvalue weighted by atomic mass is 19.4. The van der Waals surface area contributed by atoms with Crippen LogP contribution in [-0.4, -0.2) is 72.9 Å². The molecule has 2 aromatic heterocycles. The van der Waals surface area contributed by atoms with E-state index < -0.39 is 6.36 Å². The highest BCUT2D eigenvalue weighted by Crippen LogP contribution is 2.31. The fraction of sp³-hybridized carbons (Fsp3) is 0.458. The molecule has 2 unspecified atom stereocenters. The Morgan fingerprint density at radius 2 is 1.57 bits per heavy atom. The lowest BCUT2D eigenvalue weighted by atomic mass is 10.1. The van der Waals surface area contributed by atoms with Crippen molar-refractivity contribution in [3.05, 3.63) is 36.4 Å². The summed E-state index contributed by atoms with van der Waals surface area (Å²) in [6.07, 6.45) is -4.65. The van der Waals surface area contributed by atoms with Crippen LogP contribution in [0.4, 0.5) is 24.9 Å². The molecule has 2 aliphatic heterocycles. The second-order valence-corrected chi connectivity index (χ2v) is 8.75. The van der Waals surface area contributed by atoms with E-state index >= 15 is 0 Å². The molecule has 2 saturated heterocycles. The van der Waals surface area contributed by atoms with Gasteiger partial charge in [-0.05, 0) is 50.2 Å². The smallest absolute Gasteiger partial charge is 0.406 e. The summed E-state index contributed by atoms with van der Waals surface area (Å²) >= 11 is 0. The van der Waals surface area contributed by atoms with E-state index in [2.05, 4.69) is 14.5 Å². The lowest BCUT2D eigenvalue weighted by molar-refractivity contribution is -0.274. The summed E-state index contributed by atoms with van der Waals surface area (Å²) in [5, 5.41) is 0.811. The van der Waals surface area contributed by atoms with E-state index in [1.54, 1.807) is 12.1 Å². The van der Waals surface area contributed by atoms with E-state index in [1.807, 2.05) is 26.0 Å². The highest BCUT2D eigenvalue weighted by Gasteiger charge is 2.31. The second kappa shape index (κ2) is 9.46. The summed E-state index contributed by atoms with van der Waals surface area (Å²) in [7, 11) is 0. The number of alkyl halides is 3. The van der Waals surface area contributed by atoms with Gasteiger partial charge in [-0.25, -0.2) is 4.98 Å². The predicted molar refractivity (Wildman–Crippen MR) is 125 cm³/mol. The van der Waals surface area contributed by atoms with Crippen molar-refractivity contribution in [2.45, 2.75) is 32.4 Å². The van der Waals surface area contributed by atoms with Crippen molar-refractivity contribution in [3.63, 3.8) is 0 Å². The Kier molecular flexibility index (Phi) is 6.37. The Hall–Kier alpha value is -3.18. The van der Waals surface area contributed by atoms with Crippen LogP contribution in [0.5, 0.6) is 5.75 Å². The number of morpholine rings is 2. The van der Waals surface area contributed by atoms with Crippen LogP contribution in [0.2, 0.25) is 0 Å². The average Bonchev–Trinajstić information content (AvgIpc) is 2.82. The fourth-order valence-electron chi connectivity index (χ4n) is 4.47. The van der Waals surface area contributed by atoms with Crippen LogP contribution in [-0.2, 0) is 9.47 Å². The van der Waals surface area contributed by atoms with Gasteiger partial charge in [-0.2, -0.15) is 9.97 Å². The zero-order chi connectivity index (χ0) is 24.6. The van der Waals surface area contributed by atoms with Gasteiger partial charge in [-0.15, -0.1) is 13.2 Å². The number of fused-ring (bicyclic) bond motifs is 1. The van der Waals surface area contributed by atoms with E-state index in [9.17, 15) is 13.2 Å². The number of hydrogen-bond donors (Lipinski definition) is 0. The Bertz CT molecular complexity index is 1180. The lowest BCUT2D eigenvalue weighted by Gasteiger charge is -2.36. The molecule has 0 N–H and O–H groups in total. The zero-order valence-electron chi connectivity index (χ0n) is 19.5. The first-order valence-electron chi connectivity index (χ1n) is 11.5. The predicted octanol–water partition coefficient (Wildman–Crippen LogP) is 4.04. The molecule has 0 saturated carbocycles. The van der Waals surface area contributed by atoms with Crippen LogP contribution in [0.3, 0.4) is 0 Å². The largest absolute Gasteiger partial charge is 0.573 e. The Morgan fingerprint density at radius 1 is 0.886 bits per heavy atom. The summed E-state index contributed by atoms with van der Waals surface area (Å²) < 4.78 is 52.9. The summed E-state index contributed by atoms with van der Waals surface area (Å²) in [5.74, 6) is 1.10. The average molecular weight is 489 g/mol. The SMILES string of the molecule is CC1CN(c2nc(N3CCOCC3)c3ccc(-c4ccc(OC(F)(F)F)cc4)nc3n2)CC(C)O1. The maximum atomic E-state index is 12.5. The topological polar surface area (TPSA) is 72.8 Å². The van der Waals surface area contributed by atoms with Gasteiger partial charge in [0.1, 0.15) is 11.6 Å². The second-order valence-electron chi connectivity index (χ2n) is 8.75. The van der Waals surface area contributed by atoms with Gasteiger partial charge in [0.25, 0.3) is 0 Å². The van der Waals surface area contributed by atoms with Gasteiger partial charge in [-0.1, -0.05) is 0 Å². The normalized spacial score (nSPS) is 21.4. The van der Waals surface area contributed by atoms with Crippen LogP contribution in [0.15, 0.2) is 36.4 Å². The standard InChI is InChI=1S/C24H26F3N5O3/c1-15-13-32(14-16(2)34-15)23-29-21-19(22(30-23)31-9-11-33-12-10-31)7-8-20(28-21)17-3-5-18(6-4-17)35-24(25,26)27/h3-8,15-16H,9-14H2,1-2H3. The van der Waals surface area contributed by atoms with Crippen molar-refractivity contribution in [1.82, 2.24) is 15.0 Å². The molecule has 35 heavy (non-hydrogen) atoms. The molecule has 2 atom stereocenters. The number of ether oxygens (including phenoxy) is 3. The molecule has 11 heteroatoms. The first-order valence-corrected chi connectivity index (χ1v) is 11.5. The molecule has 4 heterocycles. The molecular formula is C24H26F3N5O3. The maximum Gasteiger partial charge on any atom is 0.573 e. The first-order chi connectivity index (χ1) is 16.7. The molecule has 3 aromatic rings. The quantitative estimate of drug-likeness (QED) is 0.544. The van der Waals surface area contributed by atoms with E-state index in [1.165, 1.54) is 12.1 Å². The number of benzene rings is 1. The zero-order valence-corrected chi connectivity index (χ0v) is 19.5. The third kappa shape index (κ3) is 5.40. The number of nitrogens with zero attached hydrogens (tertiary/aromatic N) is 5. The summed E-state index contributed by atoms with van der Waals surface area (Å²) in [4.78, 5) is 18.8. The number of pyridine rings is 1. The number of aromatic nitrogens is 3. The fourth-order valence-corrected chi connectivity index (χ4v) is 4.47. The molecule has 0 amide bonds. The summed E-state index contributed by atoms with van der Waals surface area (Å²) in [6.45, 7) is 8.03. The van der Waals surface area contributed by atoms with Crippen molar-refractivity contribution < 1.29 is 27.4 Å². The molecule has 1 aromatic carbocycles. The van der Waals surface area contributed by atoms with Crippen molar-refractivity contribution in [2.75, 3.05) is 49.2 Å². The van der Waals surface area contributed by atoms with Crippen LogP contribution in [0.1, 0.15) is 13.8 Å². The third-order valence-corrected chi connectivity index (χ3v) is 5.92. The van der Waals surface area contributed by atoms with Gasteiger partial charge < -0.3 is 24.0 Å². The molecule has 0 spiro atoms. The van der Waals surface area contributed by atoms with Gasteiger partial charge in [0.05, 0.1) is 36.5 Å². The molecule has 0 radical (unpaired) electrons. The van der Waals surface area contributed by atoms with Crippen molar-refractivity contribution in [2.24, 2.45) is 0 Å². The molecule has 5 rings (SSSR count). The summed E-state index contributed by atoms with van der Waals surface area (Å²) in [5.41, 5.74) is 1.77. The van der Waals surface area contributed by atoms with Gasteiger partial charge in [0.2, 0.25) is 5.95 Å². The third-order valence-electron chi connectivity index (χ3n) is 5.92. The van der Waals surface area contributed by atoms with E-state index in [-0.39, 0.29) is 18.0 Å². The van der Waals surface area contributed by atoms with Gasteiger partial charge in [0, 0.05) is 31.7 Å². The molecule has 2 aliphatic rings. The molecule has 0 bridgehead atoms. The van der Waals surface area contributed by atoms with E-state index in [0.29, 0.717) is 62.2 Å². The van der Waals surface area contributed by atoms with Crippen LogP contribution in [0.25, 0.3) is 22.3 Å². The van der Waals surface area contributed by atoms with E-state index in [0.717, 1.165) is 11.2 Å². The maximum absolute atomic E-state index is 12.5. The Morgan fingerprint density at radius 3 is 2.23 bits per heavy atom. The van der Waals surface area contributed by atoms with Crippen molar-refractivity contribution in [3.8, 4) is 17.0 Å². The number of rotatable bonds is 4. The minimum absolute atomic E-state index is 0.0432. The van der Waals surface area contributed by atoms with Gasteiger partial charge >= 0.3 is 6.36 Å². The van der Waals surface area contributed by atoms with Gasteiger partial charge in [-0.3, -0.25) is 0 Å². The number of halogens is 3. The minimum Gasteiger partial charge on any atom is -0.406 e.